The molecule has 1 aromatic carbocycles. The van der Waals surface area contributed by atoms with Crippen LogP contribution in [0.2, 0.25) is 5.02 Å². The Kier molecular flexibility index (Phi) is 5.70. The SMILES string of the molecule is CN1Cc2c(C#CCOCC3CCCCC3)ncn2-c2cccc(Cl)c2C1=O. The Morgan fingerprint density at radius 2 is 2.11 bits per heavy atom. The van der Waals surface area contributed by atoms with E-state index in [4.69, 9.17) is 16.3 Å². The van der Waals surface area contributed by atoms with E-state index in [2.05, 4.69) is 16.8 Å². The van der Waals surface area contributed by atoms with E-state index in [1.54, 1.807) is 24.3 Å². The van der Waals surface area contributed by atoms with Crippen molar-refractivity contribution in [1.82, 2.24) is 14.5 Å². The van der Waals surface area contributed by atoms with Crippen LogP contribution in [0.15, 0.2) is 24.5 Å². The van der Waals surface area contributed by atoms with Crippen LogP contribution in [0.25, 0.3) is 5.69 Å². The van der Waals surface area contributed by atoms with Crippen LogP contribution in [0.1, 0.15) is 53.8 Å². The first-order chi connectivity index (χ1) is 13.6. The number of hydrogen-bond donors (Lipinski definition) is 0. The minimum Gasteiger partial charge on any atom is -0.368 e. The van der Waals surface area contributed by atoms with E-state index in [1.807, 2.05) is 16.7 Å². The Morgan fingerprint density at radius 3 is 2.93 bits per heavy atom. The van der Waals surface area contributed by atoms with Gasteiger partial charge in [-0.05, 0) is 36.8 Å². The van der Waals surface area contributed by atoms with Crippen molar-refractivity contribution >= 4 is 17.5 Å². The Balaban J connectivity index is 1.51. The van der Waals surface area contributed by atoms with Crippen LogP contribution < -0.4 is 0 Å². The van der Waals surface area contributed by atoms with Gasteiger partial charge in [-0.25, -0.2) is 4.98 Å². The third kappa shape index (κ3) is 3.80. The molecular formula is C22H24ClN3O2. The number of aromatic nitrogens is 2. The molecule has 28 heavy (non-hydrogen) atoms. The standard InChI is InChI=1S/C22H24ClN3O2/c1-25-13-20-18(10-6-12-28-14-16-7-3-2-4-8-16)24-15-26(20)19-11-5-9-17(23)21(19)22(25)27/h5,9,11,15-16H,2-4,7-8,12-14H2,1H3. The van der Waals surface area contributed by atoms with Crippen LogP contribution in [0, 0.1) is 17.8 Å². The highest BCUT2D eigenvalue weighted by Crippen LogP contribution is 2.30. The summed E-state index contributed by atoms with van der Waals surface area (Å²) in [7, 11) is 1.77. The second-order valence-corrected chi connectivity index (χ2v) is 7.93. The maximum atomic E-state index is 12.7. The molecule has 0 unspecified atom stereocenters. The third-order valence-electron chi connectivity index (χ3n) is 5.52. The van der Waals surface area contributed by atoms with Crippen LogP contribution in [0.3, 0.4) is 0 Å². The summed E-state index contributed by atoms with van der Waals surface area (Å²) < 4.78 is 7.67. The Morgan fingerprint density at radius 1 is 1.29 bits per heavy atom. The fraction of sp³-hybridized carbons (Fsp3) is 0.455. The molecule has 1 aliphatic carbocycles. The maximum absolute atomic E-state index is 12.7. The normalized spacial score (nSPS) is 16.8. The molecule has 0 radical (unpaired) electrons. The Bertz CT molecular complexity index is 935. The number of rotatable bonds is 3. The molecule has 2 heterocycles. The third-order valence-corrected chi connectivity index (χ3v) is 5.84. The van der Waals surface area contributed by atoms with Crippen LogP contribution in [-0.2, 0) is 11.3 Å². The first kappa shape index (κ1) is 19.0. The van der Waals surface area contributed by atoms with Gasteiger partial charge in [0.25, 0.3) is 5.91 Å². The summed E-state index contributed by atoms with van der Waals surface area (Å²) >= 11 is 6.30. The Hall–Kier alpha value is -2.29. The number of halogens is 1. The van der Waals surface area contributed by atoms with Crippen molar-refractivity contribution in [2.24, 2.45) is 5.92 Å². The molecule has 6 heteroatoms. The van der Waals surface area contributed by atoms with Gasteiger partial charge in [0.2, 0.25) is 0 Å². The molecule has 0 saturated heterocycles. The van der Waals surface area contributed by atoms with Gasteiger partial charge in [-0.15, -0.1) is 0 Å². The van der Waals surface area contributed by atoms with Crippen molar-refractivity contribution < 1.29 is 9.53 Å². The lowest BCUT2D eigenvalue weighted by molar-refractivity contribution is 0.0788. The first-order valence-corrected chi connectivity index (χ1v) is 10.2. The molecule has 0 spiro atoms. The molecule has 1 amide bonds. The lowest BCUT2D eigenvalue weighted by atomic mass is 9.90. The zero-order chi connectivity index (χ0) is 19.5. The molecule has 0 N–H and O–H groups in total. The van der Waals surface area contributed by atoms with Gasteiger partial charge in [0.1, 0.15) is 18.6 Å². The number of carbonyl (C=O) groups excluding carboxylic acids is 1. The highest BCUT2D eigenvalue weighted by atomic mass is 35.5. The summed E-state index contributed by atoms with van der Waals surface area (Å²) in [5.41, 5.74) is 2.80. The monoisotopic (exact) mass is 397 g/mol. The highest BCUT2D eigenvalue weighted by molar-refractivity contribution is 6.34. The predicted molar refractivity (Wildman–Crippen MR) is 109 cm³/mol. The molecule has 0 atom stereocenters. The van der Waals surface area contributed by atoms with Crippen LogP contribution in [0.4, 0.5) is 0 Å². The van der Waals surface area contributed by atoms with E-state index in [0.717, 1.165) is 18.0 Å². The van der Waals surface area contributed by atoms with Crippen molar-refractivity contribution in [1.29, 1.82) is 0 Å². The van der Waals surface area contributed by atoms with Gasteiger partial charge in [-0.2, -0.15) is 0 Å². The fourth-order valence-corrected chi connectivity index (χ4v) is 4.25. The lowest BCUT2D eigenvalue weighted by Gasteiger charge is -2.20. The van der Waals surface area contributed by atoms with Gasteiger partial charge in [0.05, 0.1) is 35.1 Å². The van der Waals surface area contributed by atoms with Gasteiger partial charge in [-0.1, -0.05) is 42.9 Å². The number of imidazole rings is 1. The average molecular weight is 398 g/mol. The predicted octanol–water partition coefficient (Wildman–Crippen LogP) is 4.06. The van der Waals surface area contributed by atoms with Gasteiger partial charge in [0, 0.05) is 7.05 Å². The molecule has 2 aromatic rings. The number of fused-ring (bicyclic) bond motifs is 3. The second kappa shape index (κ2) is 8.38. The van der Waals surface area contributed by atoms with Crippen molar-refractivity contribution in [3.63, 3.8) is 0 Å². The fourth-order valence-electron chi connectivity index (χ4n) is 4.00. The van der Waals surface area contributed by atoms with Crippen molar-refractivity contribution in [3.05, 3.63) is 46.5 Å². The zero-order valence-corrected chi connectivity index (χ0v) is 16.8. The first-order valence-electron chi connectivity index (χ1n) is 9.82. The van der Waals surface area contributed by atoms with Gasteiger partial charge >= 0.3 is 0 Å². The summed E-state index contributed by atoms with van der Waals surface area (Å²) in [4.78, 5) is 18.9. The molecule has 1 aliphatic heterocycles. The van der Waals surface area contributed by atoms with E-state index in [0.29, 0.717) is 35.3 Å². The number of hydrogen-bond acceptors (Lipinski definition) is 3. The highest BCUT2D eigenvalue weighted by Gasteiger charge is 2.27. The maximum Gasteiger partial charge on any atom is 0.257 e. The summed E-state index contributed by atoms with van der Waals surface area (Å²) in [6.07, 6.45) is 8.24. The number of benzene rings is 1. The summed E-state index contributed by atoms with van der Waals surface area (Å²) in [5, 5.41) is 0.444. The van der Waals surface area contributed by atoms with Gasteiger partial charge < -0.3 is 9.64 Å². The molecular weight excluding hydrogens is 374 g/mol. The molecule has 146 valence electrons. The number of nitrogens with zero attached hydrogens (tertiary/aromatic N) is 3. The van der Waals surface area contributed by atoms with Crippen molar-refractivity contribution in [2.45, 2.75) is 38.6 Å². The van der Waals surface area contributed by atoms with E-state index < -0.39 is 0 Å². The Labute approximate surface area is 170 Å². The second-order valence-electron chi connectivity index (χ2n) is 7.53. The topological polar surface area (TPSA) is 47.4 Å². The lowest BCUT2D eigenvalue weighted by Crippen LogP contribution is -2.25. The number of carbonyl (C=O) groups is 1. The van der Waals surface area contributed by atoms with Crippen LogP contribution in [-0.4, -0.2) is 40.6 Å². The molecule has 1 fully saturated rings. The average Bonchev–Trinajstić information content (AvgIpc) is 3.05. The molecule has 5 nitrogen and oxygen atoms in total. The number of ether oxygens (including phenoxy) is 1. The van der Waals surface area contributed by atoms with Crippen LogP contribution >= 0.6 is 11.6 Å². The number of amides is 1. The summed E-state index contributed by atoms with van der Waals surface area (Å²) in [6, 6.07) is 5.46. The molecule has 1 saturated carbocycles. The van der Waals surface area contributed by atoms with E-state index >= 15 is 0 Å². The zero-order valence-electron chi connectivity index (χ0n) is 16.1. The van der Waals surface area contributed by atoms with E-state index in [-0.39, 0.29) is 5.91 Å². The summed E-state index contributed by atoms with van der Waals surface area (Å²) in [6.45, 7) is 1.62. The minimum atomic E-state index is -0.0981. The van der Waals surface area contributed by atoms with Gasteiger partial charge in [0.15, 0.2) is 0 Å². The molecule has 2 aliphatic rings. The van der Waals surface area contributed by atoms with E-state index in [9.17, 15) is 4.79 Å². The van der Waals surface area contributed by atoms with Crippen molar-refractivity contribution in [2.75, 3.05) is 20.3 Å². The smallest absolute Gasteiger partial charge is 0.257 e. The van der Waals surface area contributed by atoms with E-state index in [1.165, 1.54) is 32.1 Å². The molecule has 1 aromatic heterocycles. The molecule has 4 rings (SSSR count). The van der Waals surface area contributed by atoms with Crippen LogP contribution in [0.5, 0.6) is 0 Å². The van der Waals surface area contributed by atoms with Crippen molar-refractivity contribution in [3.8, 4) is 17.5 Å². The quantitative estimate of drug-likeness (QED) is 0.579. The largest absolute Gasteiger partial charge is 0.368 e. The molecule has 0 bridgehead atoms. The van der Waals surface area contributed by atoms with Gasteiger partial charge in [-0.3, -0.25) is 9.36 Å². The summed E-state index contributed by atoms with van der Waals surface area (Å²) in [5.74, 6) is 6.79. The minimum absolute atomic E-state index is 0.0981.